The summed E-state index contributed by atoms with van der Waals surface area (Å²) in [6.07, 6.45) is 3.35. The zero-order chi connectivity index (χ0) is 35.8. The summed E-state index contributed by atoms with van der Waals surface area (Å²) in [4.78, 5) is 8.07. The standard InChI is InChI=1S/C18H16ClN5.C10H12N2.C8H5Cl2N3/c1-10-13(8-20)5-4-6-14(10)11(2)22-18-15-7-17(19)21-9-16(15)12(3)23-24-18;1-7-9(6-11)4-3-5-10(7)8(2)12;1-4-6-3-11-7(9)2-5(6)8(10)13-12-4/h4-7,9,11H,1-3H3,(H,22,24);3-5,8H,12H2,1-2H3;2-3H,1H3/t11-;8-;/m11./s1. The van der Waals surface area contributed by atoms with Crippen LogP contribution in [0.1, 0.15) is 70.7 Å². The lowest BCUT2D eigenvalue weighted by atomic mass is 9.98. The topological polar surface area (TPSA) is 163 Å². The van der Waals surface area contributed by atoms with Gasteiger partial charge in [0, 0.05) is 40.0 Å². The third kappa shape index (κ3) is 8.74. The van der Waals surface area contributed by atoms with E-state index in [1.165, 1.54) is 0 Å². The number of fused-ring (bicyclic) bond motifs is 2. The van der Waals surface area contributed by atoms with Crippen molar-refractivity contribution in [2.24, 2.45) is 5.73 Å². The Morgan fingerprint density at radius 3 is 1.71 bits per heavy atom. The third-order valence-corrected chi connectivity index (χ3v) is 8.58. The molecule has 0 amide bonds. The van der Waals surface area contributed by atoms with E-state index >= 15 is 0 Å². The van der Waals surface area contributed by atoms with Gasteiger partial charge in [0.1, 0.15) is 10.3 Å². The van der Waals surface area contributed by atoms with Gasteiger partial charge in [0.2, 0.25) is 0 Å². The van der Waals surface area contributed by atoms with Gasteiger partial charge in [-0.25, -0.2) is 9.97 Å². The fraction of sp³-hybridized carbons (Fsp3) is 0.222. The SMILES string of the molecule is Cc1c(C#N)cccc1[C@@H](C)N.Cc1c(C#N)cccc1[C@@H](C)Nc1nnc(C)c2cnc(Cl)cc12.Cc1nnc(Cl)c2cc(Cl)ncc12. The number of nitriles is 2. The predicted molar refractivity (Wildman–Crippen MR) is 196 cm³/mol. The van der Waals surface area contributed by atoms with Crippen molar-refractivity contribution in [3.63, 3.8) is 0 Å². The van der Waals surface area contributed by atoms with Crippen LogP contribution in [0.3, 0.4) is 0 Å². The molecule has 13 heteroatoms. The molecule has 0 bridgehead atoms. The number of hydrogen-bond acceptors (Lipinski definition) is 10. The number of nitrogens with zero attached hydrogens (tertiary/aromatic N) is 8. The van der Waals surface area contributed by atoms with Crippen molar-refractivity contribution >= 4 is 62.2 Å². The highest BCUT2D eigenvalue weighted by molar-refractivity contribution is 6.35. The molecule has 0 radical (unpaired) electrons. The summed E-state index contributed by atoms with van der Waals surface area (Å²) < 4.78 is 0. The Labute approximate surface area is 299 Å². The largest absolute Gasteiger partial charge is 0.362 e. The van der Waals surface area contributed by atoms with Crippen LogP contribution in [0.5, 0.6) is 0 Å². The number of hydrogen-bond donors (Lipinski definition) is 2. The minimum absolute atomic E-state index is 0.00157. The summed E-state index contributed by atoms with van der Waals surface area (Å²) in [7, 11) is 0. The molecule has 0 fully saturated rings. The van der Waals surface area contributed by atoms with E-state index in [-0.39, 0.29) is 12.1 Å². The van der Waals surface area contributed by atoms with Gasteiger partial charge < -0.3 is 11.1 Å². The first kappa shape index (κ1) is 36.9. The van der Waals surface area contributed by atoms with E-state index in [1.54, 1.807) is 30.6 Å². The van der Waals surface area contributed by atoms with E-state index < -0.39 is 0 Å². The Balaban J connectivity index is 0.000000182. The summed E-state index contributed by atoms with van der Waals surface area (Å²) in [5, 5.41) is 42.0. The average molecular weight is 712 g/mol. The molecule has 0 aliphatic heterocycles. The van der Waals surface area contributed by atoms with Gasteiger partial charge in [0.05, 0.1) is 40.7 Å². The van der Waals surface area contributed by atoms with Crippen molar-refractivity contribution in [2.75, 3.05) is 5.32 Å². The van der Waals surface area contributed by atoms with Gasteiger partial charge in [-0.15, -0.1) is 10.2 Å². The van der Waals surface area contributed by atoms with Crippen molar-refractivity contribution in [1.82, 2.24) is 30.4 Å². The average Bonchev–Trinajstić information content (AvgIpc) is 3.08. The summed E-state index contributed by atoms with van der Waals surface area (Å²) >= 11 is 17.6. The monoisotopic (exact) mass is 710 g/mol. The van der Waals surface area contributed by atoms with Crippen LogP contribution in [0.15, 0.2) is 60.9 Å². The lowest BCUT2D eigenvalue weighted by Gasteiger charge is -2.19. The van der Waals surface area contributed by atoms with Crippen molar-refractivity contribution in [3.8, 4) is 12.1 Å². The van der Waals surface area contributed by atoms with Crippen molar-refractivity contribution in [1.29, 1.82) is 10.5 Å². The van der Waals surface area contributed by atoms with Crippen LogP contribution < -0.4 is 11.1 Å². The summed E-state index contributed by atoms with van der Waals surface area (Å²) in [5.41, 5.74) is 12.8. The van der Waals surface area contributed by atoms with Crippen LogP contribution in [-0.4, -0.2) is 30.4 Å². The number of halogens is 3. The van der Waals surface area contributed by atoms with Crippen molar-refractivity contribution in [3.05, 3.63) is 121 Å². The minimum atomic E-state index is -0.0366. The van der Waals surface area contributed by atoms with E-state index in [0.29, 0.717) is 32.4 Å². The predicted octanol–water partition coefficient (Wildman–Crippen LogP) is 8.87. The second kappa shape index (κ2) is 16.4. The minimum Gasteiger partial charge on any atom is -0.362 e. The molecule has 4 heterocycles. The molecule has 10 nitrogen and oxygen atoms in total. The lowest BCUT2D eigenvalue weighted by molar-refractivity contribution is 0.809. The van der Waals surface area contributed by atoms with E-state index in [0.717, 1.165) is 55.2 Å². The zero-order valence-electron chi connectivity index (χ0n) is 27.7. The first-order valence-corrected chi connectivity index (χ1v) is 16.2. The summed E-state index contributed by atoms with van der Waals surface area (Å²) in [6.45, 7) is 11.6. The van der Waals surface area contributed by atoms with E-state index in [2.05, 4.69) is 47.8 Å². The number of aromatic nitrogens is 6. The highest BCUT2D eigenvalue weighted by Crippen LogP contribution is 2.29. The number of rotatable bonds is 4. The Morgan fingerprint density at radius 2 is 1.16 bits per heavy atom. The van der Waals surface area contributed by atoms with Crippen molar-refractivity contribution < 1.29 is 0 Å². The van der Waals surface area contributed by atoms with Crippen LogP contribution in [0.4, 0.5) is 5.82 Å². The first-order valence-electron chi connectivity index (χ1n) is 15.1. The Kier molecular flexibility index (Phi) is 12.4. The normalized spacial score (nSPS) is 11.7. The van der Waals surface area contributed by atoms with Gasteiger partial charge in [-0.2, -0.15) is 20.7 Å². The molecule has 3 N–H and O–H groups in total. The van der Waals surface area contributed by atoms with Gasteiger partial charge in [0.15, 0.2) is 11.0 Å². The maximum Gasteiger partial charge on any atom is 0.159 e. The second-order valence-electron chi connectivity index (χ2n) is 11.2. The fourth-order valence-corrected chi connectivity index (χ4v) is 5.67. The highest BCUT2D eigenvalue weighted by Gasteiger charge is 2.15. The molecule has 6 aromatic rings. The third-order valence-electron chi connectivity index (χ3n) is 7.89. The highest BCUT2D eigenvalue weighted by atomic mass is 35.5. The number of nitrogens with two attached hydrogens (primary N) is 1. The molecular weight excluding hydrogens is 679 g/mol. The van der Waals surface area contributed by atoms with E-state index in [9.17, 15) is 5.26 Å². The summed E-state index contributed by atoms with van der Waals surface area (Å²) in [6, 6.07) is 19.1. The Bertz CT molecular complexity index is 2230. The van der Waals surface area contributed by atoms with Crippen LogP contribution in [0.25, 0.3) is 21.5 Å². The maximum absolute atomic E-state index is 9.20. The number of aryl methyl sites for hydroxylation is 2. The van der Waals surface area contributed by atoms with Crippen LogP contribution in [0.2, 0.25) is 15.5 Å². The number of nitrogens with one attached hydrogen (secondary N) is 1. The molecule has 2 atom stereocenters. The Morgan fingerprint density at radius 1 is 0.673 bits per heavy atom. The summed E-state index contributed by atoms with van der Waals surface area (Å²) in [5.74, 6) is 0.647. The van der Waals surface area contributed by atoms with E-state index in [4.69, 9.17) is 45.8 Å². The maximum atomic E-state index is 9.20. The van der Waals surface area contributed by atoms with Crippen molar-refractivity contribution in [2.45, 2.75) is 53.6 Å². The van der Waals surface area contributed by atoms with Crippen LogP contribution in [0, 0.1) is 50.4 Å². The molecule has 49 heavy (non-hydrogen) atoms. The molecule has 0 saturated heterocycles. The molecule has 6 rings (SSSR count). The number of anilines is 1. The zero-order valence-corrected chi connectivity index (χ0v) is 30.0. The Hall–Kier alpha value is -4.97. The molecule has 0 aliphatic carbocycles. The van der Waals surface area contributed by atoms with Gasteiger partial charge >= 0.3 is 0 Å². The molecule has 0 aliphatic rings. The van der Waals surface area contributed by atoms with E-state index in [1.807, 2.05) is 71.9 Å². The van der Waals surface area contributed by atoms with Gasteiger partial charge in [0.25, 0.3) is 0 Å². The van der Waals surface area contributed by atoms with Crippen LogP contribution in [-0.2, 0) is 0 Å². The van der Waals surface area contributed by atoms with Crippen LogP contribution >= 0.6 is 34.8 Å². The molecule has 4 aromatic heterocycles. The molecule has 0 spiro atoms. The van der Waals surface area contributed by atoms with Gasteiger partial charge in [-0.3, -0.25) is 0 Å². The number of pyridine rings is 2. The first-order chi connectivity index (χ1) is 23.4. The molecule has 248 valence electrons. The smallest absolute Gasteiger partial charge is 0.159 e. The number of benzene rings is 2. The molecular formula is C36H33Cl3N10. The van der Waals surface area contributed by atoms with Gasteiger partial charge in [-0.1, -0.05) is 59.1 Å². The molecule has 0 unspecified atom stereocenters. The second-order valence-corrected chi connectivity index (χ2v) is 12.4. The molecule has 0 saturated carbocycles. The lowest BCUT2D eigenvalue weighted by Crippen LogP contribution is -2.11. The quantitative estimate of drug-likeness (QED) is 0.169. The molecule has 2 aromatic carbocycles. The van der Waals surface area contributed by atoms with Gasteiger partial charge in [-0.05, 0) is 88.1 Å². The fourth-order valence-electron chi connectivity index (χ4n) is 5.16.